The van der Waals surface area contributed by atoms with E-state index in [2.05, 4.69) is 18.7 Å². The number of hydrogen-bond acceptors (Lipinski definition) is 3. The summed E-state index contributed by atoms with van der Waals surface area (Å²) in [5.74, 6) is 0.827. The third kappa shape index (κ3) is 4.45. The van der Waals surface area contributed by atoms with Gasteiger partial charge in [-0.15, -0.1) is 0 Å². The first-order valence-corrected chi connectivity index (χ1v) is 8.78. The largest absolute Gasteiger partial charge is 0.491 e. The van der Waals surface area contributed by atoms with Crippen molar-refractivity contribution < 1.29 is 9.53 Å². The molecule has 0 heterocycles. The van der Waals surface area contributed by atoms with Crippen molar-refractivity contribution in [2.24, 2.45) is 0 Å². The van der Waals surface area contributed by atoms with Crippen molar-refractivity contribution in [2.45, 2.75) is 27.2 Å². The average Bonchev–Trinajstić information content (AvgIpc) is 2.65. The minimum atomic E-state index is 0.116. The first kappa shape index (κ1) is 18.2. The van der Waals surface area contributed by atoms with Crippen LogP contribution < -0.4 is 4.74 Å². The molecule has 0 saturated carbocycles. The minimum absolute atomic E-state index is 0.116. The van der Waals surface area contributed by atoms with Crippen molar-refractivity contribution in [2.75, 3.05) is 26.2 Å². The van der Waals surface area contributed by atoms with Gasteiger partial charge in [-0.25, -0.2) is 0 Å². The molecular weight excluding hydrogens is 298 g/mol. The van der Waals surface area contributed by atoms with E-state index in [1.165, 1.54) is 0 Å². The summed E-state index contributed by atoms with van der Waals surface area (Å²) in [5.41, 5.74) is 2.73. The lowest BCUT2D eigenvalue weighted by Gasteiger charge is -2.20. The fraction of sp³-hybridized carbons (Fsp3) is 0.381. The molecule has 0 aliphatic carbocycles. The number of hydrogen-bond donors (Lipinski definition) is 0. The Bertz CT molecular complexity index is 648. The molecule has 0 bridgehead atoms. The van der Waals surface area contributed by atoms with Crippen LogP contribution in [0, 0.1) is 0 Å². The predicted molar refractivity (Wildman–Crippen MR) is 99.8 cm³/mol. The molecule has 0 amide bonds. The molecule has 0 spiro atoms. The summed E-state index contributed by atoms with van der Waals surface area (Å²) < 4.78 is 6.12. The van der Waals surface area contributed by atoms with Crippen LogP contribution in [0.3, 0.4) is 0 Å². The van der Waals surface area contributed by atoms with E-state index in [4.69, 9.17) is 4.74 Å². The predicted octanol–water partition coefficient (Wildman–Crippen LogP) is 4.67. The van der Waals surface area contributed by atoms with Gasteiger partial charge in [0.25, 0.3) is 0 Å². The summed E-state index contributed by atoms with van der Waals surface area (Å²) in [5, 5.41) is 0. The van der Waals surface area contributed by atoms with E-state index in [1.807, 2.05) is 55.5 Å². The summed E-state index contributed by atoms with van der Waals surface area (Å²) in [6.45, 7) is 9.62. The molecule has 0 aromatic heterocycles. The van der Waals surface area contributed by atoms with E-state index in [0.29, 0.717) is 24.3 Å². The van der Waals surface area contributed by atoms with Crippen LogP contribution in [0.15, 0.2) is 48.5 Å². The van der Waals surface area contributed by atoms with Crippen LogP contribution >= 0.6 is 0 Å². The highest BCUT2D eigenvalue weighted by Crippen LogP contribution is 2.34. The Kier molecular flexibility index (Phi) is 7.01. The summed E-state index contributed by atoms with van der Waals surface area (Å²) in [6, 6.07) is 15.9. The third-order valence-corrected chi connectivity index (χ3v) is 4.27. The van der Waals surface area contributed by atoms with E-state index in [9.17, 15) is 4.79 Å². The van der Waals surface area contributed by atoms with E-state index < -0.39 is 0 Å². The van der Waals surface area contributed by atoms with Crippen molar-refractivity contribution in [3.05, 3.63) is 54.1 Å². The van der Waals surface area contributed by atoms with Crippen LogP contribution in [0.25, 0.3) is 11.1 Å². The van der Waals surface area contributed by atoms with Gasteiger partial charge in [-0.05, 0) is 24.7 Å². The second-order valence-corrected chi connectivity index (χ2v) is 5.70. The Morgan fingerprint density at radius 3 is 2.29 bits per heavy atom. The number of rotatable bonds is 9. The second kappa shape index (κ2) is 9.24. The van der Waals surface area contributed by atoms with Gasteiger partial charge in [0.05, 0.1) is 5.56 Å². The zero-order valence-corrected chi connectivity index (χ0v) is 14.9. The SMILES string of the molecule is CCC(=O)c1cccc(-c2ccccc2)c1OCCN(CC)CC. The maximum Gasteiger partial charge on any atom is 0.166 e. The van der Waals surface area contributed by atoms with Crippen molar-refractivity contribution in [1.29, 1.82) is 0 Å². The van der Waals surface area contributed by atoms with Crippen LogP contribution in [-0.2, 0) is 0 Å². The topological polar surface area (TPSA) is 29.5 Å². The number of benzene rings is 2. The summed E-state index contributed by atoms with van der Waals surface area (Å²) in [7, 11) is 0. The molecule has 2 rings (SSSR count). The molecule has 24 heavy (non-hydrogen) atoms. The fourth-order valence-electron chi connectivity index (χ4n) is 2.76. The molecule has 0 aliphatic heterocycles. The number of likely N-dealkylation sites (N-methyl/N-ethyl adjacent to an activating group) is 1. The average molecular weight is 325 g/mol. The standard InChI is InChI=1S/C21H27NO2/c1-4-20(23)19-14-10-13-18(17-11-8-7-9-12-17)21(19)24-16-15-22(5-2)6-3/h7-14H,4-6,15-16H2,1-3H3. The lowest BCUT2D eigenvalue weighted by atomic mass is 9.98. The van der Waals surface area contributed by atoms with E-state index in [1.54, 1.807) is 0 Å². The molecule has 2 aromatic rings. The van der Waals surface area contributed by atoms with Crippen molar-refractivity contribution in [3.8, 4) is 16.9 Å². The number of para-hydroxylation sites is 1. The maximum absolute atomic E-state index is 12.3. The van der Waals surface area contributed by atoms with Crippen LogP contribution in [-0.4, -0.2) is 36.9 Å². The first-order chi connectivity index (χ1) is 11.7. The lowest BCUT2D eigenvalue weighted by Crippen LogP contribution is -2.28. The highest BCUT2D eigenvalue weighted by molar-refractivity contribution is 6.00. The van der Waals surface area contributed by atoms with Gasteiger partial charge in [-0.2, -0.15) is 0 Å². The van der Waals surface area contributed by atoms with Crippen LogP contribution in [0.1, 0.15) is 37.6 Å². The molecule has 0 N–H and O–H groups in total. The number of carbonyl (C=O) groups excluding carboxylic acids is 1. The van der Waals surface area contributed by atoms with Gasteiger partial charge in [0.15, 0.2) is 5.78 Å². The van der Waals surface area contributed by atoms with Gasteiger partial charge in [0.1, 0.15) is 12.4 Å². The van der Waals surface area contributed by atoms with Crippen molar-refractivity contribution >= 4 is 5.78 Å². The number of ether oxygens (including phenoxy) is 1. The van der Waals surface area contributed by atoms with E-state index in [0.717, 1.165) is 30.8 Å². The molecule has 0 radical (unpaired) electrons. The number of nitrogens with zero attached hydrogens (tertiary/aromatic N) is 1. The lowest BCUT2D eigenvalue weighted by molar-refractivity contribution is 0.0983. The smallest absolute Gasteiger partial charge is 0.166 e. The normalized spacial score (nSPS) is 10.8. The van der Waals surface area contributed by atoms with Crippen molar-refractivity contribution in [3.63, 3.8) is 0 Å². The Balaban J connectivity index is 2.32. The van der Waals surface area contributed by atoms with E-state index >= 15 is 0 Å². The Morgan fingerprint density at radius 1 is 0.958 bits per heavy atom. The molecule has 0 atom stereocenters. The second-order valence-electron chi connectivity index (χ2n) is 5.70. The van der Waals surface area contributed by atoms with Crippen LogP contribution in [0.4, 0.5) is 0 Å². The molecule has 3 heteroatoms. The first-order valence-electron chi connectivity index (χ1n) is 8.78. The van der Waals surface area contributed by atoms with Gasteiger partial charge >= 0.3 is 0 Å². The van der Waals surface area contributed by atoms with Crippen molar-refractivity contribution in [1.82, 2.24) is 4.90 Å². The molecule has 3 nitrogen and oxygen atoms in total. The molecule has 0 fully saturated rings. The number of ketones is 1. The summed E-state index contributed by atoms with van der Waals surface area (Å²) >= 11 is 0. The zero-order valence-electron chi connectivity index (χ0n) is 14.9. The van der Waals surface area contributed by atoms with Crippen LogP contribution in [0.2, 0.25) is 0 Å². The van der Waals surface area contributed by atoms with Gasteiger partial charge in [0.2, 0.25) is 0 Å². The maximum atomic E-state index is 12.3. The monoisotopic (exact) mass is 325 g/mol. The highest BCUT2D eigenvalue weighted by Gasteiger charge is 2.16. The zero-order chi connectivity index (χ0) is 17.4. The summed E-state index contributed by atoms with van der Waals surface area (Å²) in [6.07, 6.45) is 0.477. The quantitative estimate of drug-likeness (QED) is 0.628. The molecule has 0 aliphatic rings. The van der Waals surface area contributed by atoms with Gasteiger partial charge in [-0.3, -0.25) is 4.79 Å². The third-order valence-electron chi connectivity index (χ3n) is 4.27. The molecule has 0 saturated heterocycles. The number of Topliss-reactive ketones (excluding diaryl/α,β-unsaturated/α-hetero) is 1. The summed E-state index contributed by atoms with van der Waals surface area (Å²) in [4.78, 5) is 14.6. The van der Waals surface area contributed by atoms with Gasteiger partial charge in [-0.1, -0.05) is 63.2 Å². The minimum Gasteiger partial charge on any atom is -0.491 e. The Morgan fingerprint density at radius 2 is 1.67 bits per heavy atom. The van der Waals surface area contributed by atoms with Gasteiger partial charge in [0, 0.05) is 18.5 Å². The number of carbonyl (C=O) groups is 1. The molecule has 2 aromatic carbocycles. The van der Waals surface area contributed by atoms with Crippen LogP contribution in [0.5, 0.6) is 5.75 Å². The fourth-order valence-corrected chi connectivity index (χ4v) is 2.76. The molecule has 0 unspecified atom stereocenters. The highest BCUT2D eigenvalue weighted by atomic mass is 16.5. The van der Waals surface area contributed by atoms with Gasteiger partial charge < -0.3 is 9.64 Å². The molecule has 128 valence electrons. The van der Waals surface area contributed by atoms with E-state index in [-0.39, 0.29) is 5.78 Å². The molecular formula is C21H27NO2. The Labute approximate surface area is 145 Å². The Hall–Kier alpha value is -2.13.